The van der Waals surface area contributed by atoms with Crippen molar-refractivity contribution in [3.63, 3.8) is 0 Å². The highest BCUT2D eigenvalue weighted by molar-refractivity contribution is 6.35. The lowest BCUT2D eigenvalue weighted by Crippen LogP contribution is -2.24. The minimum absolute atomic E-state index is 0.135. The molecule has 0 aromatic carbocycles. The monoisotopic (exact) mass is 497 g/mol. The van der Waals surface area contributed by atoms with Crippen LogP contribution >= 0.6 is 23.2 Å². The van der Waals surface area contributed by atoms with Crippen LogP contribution < -0.4 is 0 Å². The fourth-order valence-corrected chi connectivity index (χ4v) is 4.87. The van der Waals surface area contributed by atoms with Gasteiger partial charge in [0.25, 0.3) is 0 Å². The summed E-state index contributed by atoms with van der Waals surface area (Å²) in [6.45, 7) is 10.9. The topological polar surface area (TPSA) is 65.3 Å². The van der Waals surface area contributed by atoms with Crippen LogP contribution in [0.3, 0.4) is 0 Å². The second kappa shape index (κ2) is 13.5. The van der Waals surface area contributed by atoms with E-state index < -0.39 is 0 Å². The minimum atomic E-state index is 0.135. The average molecular weight is 498 g/mol. The quantitative estimate of drug-likeness (QED) is 0.134. The van der Waals surface area contributed by atoms with Crippen molar-refractivity contribution in [2.24, 2.45) is 0 Å². The summed E-state index contributed by atoms with van der Waals surface area (Å²) in [5.74, 6) is 1.77. The summed E-state index contributed by atoms with van der Waals surface area (Å²) in [6, 6.07) is 0. The number of halogens is 2. The zero-order valence-electron chi connectivity index (χ0n) is 20.0. The molecule has 3 rings (SSSR count). The standard InChI is InChI=1S/C24H37Cl2N5O2/c1-18(32-3)11-7-6-10-16-33-20-12-15-30(17-20)13-8-4-5-9-14-31-19(2)27-23-21(31)22(25)28-24(26)29-23/h20H,1,4-17H2,2-3H3/t20-/m1/s1. The molecule has 0 N–H and O–H groups in total. The van der Waals surface area contributed by atoms with Crippen LogP contribution in [-0.2, 0) is 16.0 Å². The van der Waals surface area contributed by atoms with Gasteiger partial charge in [0.15, 0.2) is 10.8 Å². The number of ether oxygens (including phenoxy) is 2. The van der Waals surface area contributed by atoms with E-state index in [9.17, 15) is 0 Å². The summed E-state index contributed by atoms with van der Waals surface area (Å²) in [5.41, 5.74) is 1.35. The molecule has 2 aromatic rings. The number of unbranched alkanes of at least 4 members (excludes halogenated alkanes) is 5. The molecule has 0 bridgehead atoms. The van der Waals surface area contributed by atoms with E-state index in [2.05, 4.69) is 31.0 Å². The highest BCUT2D eigenvalue weighted by Gasteiger charge is 2.22. The van der Waals surface area contributed by atoms with Crippen molar-refractivity contribution in [3.8, 4) is 0 Å². The smallest absolute Gasteiger partial charge is 0.225 e. The Bertz CT molecular complexity index is 905. The van der Waals surface area contributed by atoms with Gasteiger partial charge >= 0.3 is 0 Å². The molecule has 1 aliphatic heterocycles. The number of likely N-dealkylation sites (tertiary alicyclic amines) is 1. The third kappa shape index (κ3) is 8.09. The van der Waals surface area contributed by atoms with E-state index in [0.717, 1.165) is 82.0 Å². The van der Waals surface area contributed by atoms with Crippen molar-refractivity contribution in [2.75, 3.05) is 33.4 Å². The van der Waals surface area contributed by atoms with Crippen molar-refractivity contribution in [2.45, 2.75) is 77.4 Å². The highest BCUT2D eigenvalue weighted by Crippen LogP contribution is 2.24. The Morgan fingerprint density at radius 3 is 2.58 bits per heavy atom. The van der Waals surface area contributed by atoms with Gasteiger partial charge in [0.1, 0.15) is 11.3 Å². The lowest BCUT2D eigenvalue weighted by Gasteiger charge is -2.16. The Kier molecular flexibility index (Phi) is 10.7. The van der Waals surface area contributed by atoms with Crippen LogP contribution in [0.5, 0.6) is 0 Å². The predicted octanol–water partition coefficient (Wildman–Crippen LogP) is 5.81. The Balaban J connectivity index is 1.24. The van der Waals surface area contributed by atoms with Crippen molar-refractivity contribution in [3.05, 3.63) is 28.6 Å². The Hall–Kier alpha value is -1.41. The largest absolute Gasteiger partial charge is 0.502 e. The molecule has 7 nitrogen and oxygen atoms in total. The van der Waals surface area contributed by atoms with Gasteiger partial charge in [0, 0.05) is 32.7 Å². The van der Waals surface area contributed by atoms with Crippen molar-refractivity contribution < 1.29 is 9.47 Å². The van der Waals surface area contributed by atoms with Crippen LogP contribution in [0.2, 0.25) is 10.4 Å². The summed E-state index contributed by atoms with van der Waals surface area (Å²) < 4.78 is 13.3. The molecule has 0 saturated carbocycles. The maximum absolute atomic E-state index is 6.28. The van der Waals surface area contributed by atoms with Gasteiger partial charge < -0.3 is 18.9 Å². The van der Waals surface area contributed by atoms with Crippen LogP contribution in [0, 0.1) is 6.92 Å². The van der Waals surface area contributed by atoms with Gasteiger partial charge in [-0.3, -0.25) is 0 Å². The number of hydrogen-bond acceptors (Lipinski definition) is 6. The molecule has 33 heavy (non-hydrogen) atoms. The van der Waals surface area contributed by atoms with E-state index in [1.54, 1.807) is 7.11 Å². The first-order valence-corrected chi connectivity index (χ1v) is 12.8. The zero-order chi connectivity index (χ0) is 23.6. The second-order valence-corrected chi connectivity index (χ2v) is 9.51. The number of methoxy groups -OCH3 is 1. The number of allylic oxidation sites excluding steroid dienone is 1. The second-order valence-electron chi connectivity index (χ2n) is 8.82. The van der Waals surface area contributed by atoms with Crippen LogP contribution in [0.15, 0.2) is 12.3 Å². The van der Waals surface area contributed by atoms with Gasteiger partial charge in [-0.2, -0.15) is 4.98 Å². The number of imidazole rings is 1. The molecule has 0 amide bonds. The summed E-state index contributed by atoms with van der Waals surface area (Å²) in [7, 11) is 1.68. The number of aryl methyl sites for hydroxylation is 2. The fraction of sp³-hybridized carbons (Fsp3) is 0.708. The van der Waals surface area contributed by atoms with Gasteiger partial charge in [0.05, 0.1) is 19.0 Å². The molecule has 0 spiro atoms. The lowest BCUT2D eigenvalue weighted by molar-refractivity contribution is 0.0562. The molecular formula is C24H37Cl2N5O2. The molecular weight excluding hydrogens is 461 g/mol. The average Bonchev–Trinajstić information content (AvgIpc) is 3.36. The molecule has 0 unspecified atom stereocenters. The molecule has 9 heteroatoms. The van der Waals surface area contributed by atoms with E-state index >= 15 is 0 Å². The van der Waals surface area contributed by atoms with E-state index in [1.165, 1.54) is 25.7 Å². The summed E-state index contributed by atoms with van der Waals surface area (Å²) >= 11 is 12.2. The van der Waals surface area contributed by atoms with Crippen molar-refractivity contribution >= 4 is 34.4 Å². The van der Waals surface area contributed by atoms with Gasteiger partial charge in [-0.15, -0.1) is 0 Å². The van der Waals surface area contributed by atoms with Crippen molar-refractivity contribution in [1.82, 2.24) is 24.4 Å². The molecule has 1 aliphatic rings. The molecule has 3 heterocycles. The first-order valence-electron chi connectivity index (χ1n) is 12.1. The number of aromatic nitrogens is 4. The number of rotatable bonds is 15. The third-order valence-corrected chi connectivity index (χ3v) is 6.73. The number of fused-ring (bicyclic) bond motifs is 1. The van der Waals surface area contributed by atoms with Gasteiger partial charge in [-0.1, -0.05) is 37.4 Å². The highest BCUT2D eigenvalue weighted by atomic mass is 35.5. The molecule has 1 atom stereocenters. The van der Waals surface area contributed by atoms with E-state index in [4.69, 9.17) is 32.7 Å². The molecule has 0 aliphatic carbocycles. The van der Waals surface area contributed by atoms with E-state index in [1.807, 2.05) is 6.92 Å². The molecule has 1 fully saturated rings. The van der Waals surface area contributed by atoms with Crippen LogP contribution in [0.25, 0.3) is 11.2 Å². The van der Waals surface area contributed by atoms with Crippen molar-refractivity contribution in [1.29, 1.82) is 0 Å². The van der Waals surface area contributed by atoms with Crippen LogP contribution in [-0.4, -0.2) is 63.9 Å². The van der Waals surface area contributed by atoms with Gasteiger partial charge in [-0.05, 0) is 57.2 Å². The number of hydrogen-bond donors (Lipinski definition) is 0. The first kappa shape index (κ1) is 26.2. The van der Waals surface area contributed by atoms with Crippen LogP contribution in [0.1, 0.15) is 63.6 Å². The summed E-state index contributed by atoms with van der Waals surface area (Å²) in [6.07, 6.45) is 10.6. The fourth-order valence-electron chi connectivity index (χ4n) is 4.40. The van der Waals surface area contributed by atoms with Gasteiger partial charge in [-0.25, -0.2) is 9.97 Å². The molecule has 0 radical (unpaired) electrons. The SMILES string of the molecule is C=C(CCCCCO[C@@H]1CCN(CCCCCCn2c(C)nc3nc(Cl)nc(Cl)c32)C1)OC. The molecule has 2 aromatic heterocycles. The van der Waals surface area contributed by atoms with Gasteiger partial charge in [0.2, 0.25) is 5.28 Å². The summed E-state index contributed by atoms with van der Waals surface area (Å²) in [4.78, 5) is 15.3. The Morgan fingerprint density at radius 2 is 1.79 bits per heavy atom. The predicted molar refractivity (Wildman–Crippen MR) is 134 cm³/mol. The van der Waals surface area contributed by atoms with E-state index in [0.29, 0.717) is 16.9 Å². The van der Waals surface area contributed by atoms with E-state index in [-0.39, 0.29) is 5.28 Å². The summed E-state index contributed by atoms with van der Waals surface area (Å²) in [5, 5.41) is 0.504. The zero-order valence-corrected chi connectivity index (χ0v) is 21.5. The Morgan fingerprint density at radius 1 is 1.03 bits per heavy atom. The first-order chi connectivity index (χ1) is 16.0. The normalized spacial score (nSPS) is 16.7. The number of nitrogens with zero attached hydrogens (tertiary/aromatic N) is 5. The minimum Gasteiger partial charge on any atom is -0.502 e. The Labute approximate surface area is 207 Å². The maximum atomic E-state index is 6.28. The molecule has 184 valence electrons. The lowest BCUT2D eigenvalue weighted by atomic mass is 10.2. The molecule has 1 saturated heterocycles. The maximum Gasteiger partial charge on any atom is 0.225 e. The van der Waals surface area contributed by atoms with Crippen LogP contribution in [0.4, 0.5) is 0 Å². The third-order valence-electron chi connectivity index (χ3n) is 6.30.